The van der Waals surface area contributed by atoms with Crippen LogP contribution in [-0.2, 0) is 14.8 Å². The molecule has 0 saturated heterocycles. The number of methoxy groups -OCH3 is 2. The molecule has 0 aliphatic carbocycles. The summed E-state index contributed by atoms with van der Waals surface area (Å²) in [4.78, 5) is 13.0. The minimum absolute atomic E-state index is 0.0911. The zero-order valence-corrected chi connectivity index (χ0v) is 19.0. The number of carbonyl (C=O) groups excluding carboxylic acids is 1. The zero-order chi connectivity index (χ0) is 23.1. The molecule has 168 valence electrons. The second-order valence-corrected chi connectivity index (χ2v) is 8.92. The van der Waals surface area contributed by atoms with Gasteiger partial charge in [-0.3, -0.25) is 9.10 Å². The molecule has 0 unspecified atom stereocenters. The van der Waals surface area contributed by atoms with Crippen LogP contribution in [0.5, 0.6) is 11.5 Å². The van der Waals surface area contributed by atoms with E-state index in [-0.39, 0.29) is 10.9 Å². The first-order valence-corrected chi connectivity index (χ1v) is 11.4. The third-order valence-electron chi connectivity index (χ3n) is 4.94. The Hall–Kier alpha value is -3.52. The summed E-state index contributed by atoms with van der Waals surface area (Å²) in [5, 5.41) is 2.87. The summed E-state index contributed by atoms with van der Waals surface area (Å²) in [6, 6.07) is 21.6. The molecule has 1 amide bonds. The van der Waals surface area contributed by atoms with E-state index in [2.05, 4.69) is 5.32 Å². The maximum atomic E-state index is 13.4. The third-order valence-corrected chi connectivity index (χ3v) is 6.73. The molecule has 0 fully saturated rings. The maximum Gasteiger partial charge on any atom is 0.264 e. The van der Waals surface area contributed by atoms with Crippen LogP contribution in [0.15, 0.2) is 83.8 Å². The van der Waals surface area contributed by atoms with Crippen LogP contribution in [0.2, 0.25) is 0 Å². The largest absolute Gasteiger partial charge is 0.497 e. The molecule has 8 heteroatoms. The molecule has 0 aliphatic heterocycles. The van der Waals surface area contributed by atoms with Crippen LogP contribution in [0.1, 0.15) is 18.5 Å². The Morgan fingerprint density at radius 1 is 0.938 bits per heavy atom. The zero-order valence-electron chi connectivity index (χ0n) is 18.2. The van der Waals surface area contributed by atoms with Gasteiger partial charge in [0.2, 0.25) is 5.91 Å². The SMILES string of the molecule is COc1cccc(N(CC(=O)N[C@@H](C)c2ccccc2OC)S(=O)(=O)c2ccccc2)c1. The number of carbonyl (C=O) groups is 1. The Labute approximate surface area is 188 Å². The molecule has 3 aromatic carbocycles. The Morgan fingerprint density at radius 2 is 1.62 bits per heavy atom. The molecule has 3 rings (SSSR count). The van der Waals surface area contributed by atoms with Crippen LogP contribution < -0.4 is 19.1 Å². The Kier molecular flexibility index (Phi) is 7.37. The summed E-state index contributed by atoms with van der Waals surface area (Å²) >= 11 is 0. The van der Waals surface area contributed by atoms with E-state index in [4.69, 9.17) is 9.47 Å². The number of ether oxygens (including phenoxy) is 2. The van der Waals surface area contributed by atoms with Crippen molar-refractivity contribution in [3.63, 3.8) is 0 Å². The second-order valence-electron chi connectivity index (χ2n) is 7.06. The Morgan fingerprint density at radius 3 is 2.31 bits per heavy atom. The lowest BCUT2D eigenvalue weighted by molar-refractivity contribution is -0.120. The number of amides is 1. The number of anilines is 1. The minimum atomic E-state index is -4.00. The van der Waals surface area contributed by atoms with Crippen molar-refractivity contribution in [3.8, 4) is 11.5 Å². The van der Waals surface area contributed by atoms with Gasteiger partial charge < -0.3 is 14.8 Å². The topological polar surface area (TPSA) is 84.9 Å². The van der Waals surface area contributed by atoms with Gasteiger partial charge in [-0.1, -0.05) is 42.5 Å². The predicted molar refractivity (Wildman–Crippen MR) is 124 cm³/mol. The van der Waals surface area contributed by atoms with Crippen molar-refractivity contribution in [1.82, 2.24) is 5.32 Å². The van der Waals surface area contributed by atoms with Crippen molar-refractivity contribution in [2.45, 2.75) is 17.9 Å². The third kappa shape index (κ3) is 5.20. The summed E-state index contributed by atoms with van der Waals surface area (Å²) in [6.45, 7) is 1.42. The van der Waals surface area contributed by atoms with E-state index in [9.17, 15) is 13.2 Å². The van der Waals surface area contributed by atoms with Crippen molar-refractivity contribution < 1.29 is 22.7 Å². The van der Waals surface area contributed by atoms with Crippen LogP contribution in [0.4, 0.5) is 5.69 Å². The highest BCUT2D eigenvalue weighted by molar-refractivity contribution is 7.92. The van der Waals surface area contributed by atoms with E-state index in [1.165, 1.54) is 19.2 Å². The van der Waals surface area contributed by atoms with Crippen LogP contribution in [0, 0.1) is 0 Å². The fourth-order valence-electron chi connectivity index (χ4n) is 3.32. The van der Waals surface area contributed by atoms with Gasteiger partial charge in [-0.15, -0.1) is 0 Å². The maximum absolute atomic E-state index is 13.4. The van der Waals surface area contributed by atoms with E-state index >= 15 is 0 Å². The number of hydrogen-bond donors (Lipinski definition) is 1. The van der Waals surface area contributed by atoms with Crippen molar-refractivity contribution >= 4 is 21.6 Å². The predicted octanol–water partition coefficient (Wildman–Crippen LogP) is 3.78. The van der Waals surface area contributed by atoms with Gasteiger partial charge in [-0.05, 0) is 37.3 Å². The van der Waals surface area contributed by atoms with Crippen LogP contribution >= 0.6 is 0 Å². The van der Waals surface area contributed by atoms with E-state index in [0.717, 1.165) is 9.87 Å². The summed E-state index contributed by atoms with van der Waals surface area (Å²) in [5.74, 6) is 0.672. The van der Waals surface area contributed by atoms with Crippen LogP contribution in [0.25, 0.3) is 0 Å². The van der Waals surface area contributed by atoms with Gasteiger partial charge in [0, 0.05) is 11.6 Å². The standard InChI is InChI=1S/C24H26N2O5S/c1-18(22-14-7-8-15-23(22)31-3)25-24(27)17-26(19-10-9-11-20(16-19)30-2)32(28,29)21-12-5-4-6-13-21/h4-16,18H,17H2,1-3H3,(H,25,27)/t18-/m0/s1. The average Bonchev–Trinajstić information content (AvgIpc) is 2.82. The molecule has 1 atom stereocenters. The molecular weight excluding hydrogens is 428 g/mol. The fourth-order valence-corrected chi connectivity index (χ4v) is 4.75. The molecule has 0 bridgehead atoms. The van der Waals surface area contributed by atoms with Gasteiger partial charge in [0.05, 0.1) is 30.8 Å². The van der Waals surface area contributed by atoms with E-state index in [1.54, 1.807) is 55.6 Å². The molecule has 3 aromatic rings. The van der Waals surface area contributed by atoms with E-state index < -0.39 is 22.5 Å². The fraction of sp³-hybridized carbons (Fsp3) is 0.208. The molecule has 0 spiro atoms. The first-order valence-electron chi connectivity index (χ1n) is 10.0. The van der Waals surface area contributed by atoms with Gasteiger partial charge in [0.15, 0.2) is 0 Å². The van der Waals surface area contributed by atoms with Crippen molar-refractivity contribution in [2.24, 2.45) is 0 Å². The first-order chi connectivity index (χ1) is 15.4. The van der Waals surface area contributed by atoms with Gasteiger partial charge in [-0.25, -0.2) is 8.42 Å². The summed E-state index contributed by atoms with van der Waals surface area (Å²) in [7, 11) is -0.939. The van der Waals surface area contributed by atoms with Gasteiger partial charge >= 0.3 is 0 Å². The summed E-state index contributed by atoms with van der Waals surface area (Å²) in [5.41, 5.74) is 1.12. The number of benzene rings is 3. The summed E-state index contributed by atoms with van der Waals surface area (Å²) in [6.07, 6.45) is 0. The van der Waals surface area contributed by atoms with Gasteiger partial charge in [-0.2, -0.15) is 0 Å². The van der Waals surface area contributed by atoms with Crippen LogP contribution in [0.3, 0.4) is 0 Å². The molecular formula is C24H26N2O5S. The smallest absolute Gasteiger partial charge is 0.264 e. The number of hydrogen-bond acceptors (Lipinski definition) is 5. The molecule has 1 N–H and O–H groups in total. The molecule has 0 radical (unpaired) electrons. The quantitative estimate of drug-likeness (QED) is 0.532. The molecule has 7 nitrogen and oxygen atoms in total. The highest BCUT2D eigenvalue weighted by Crippen LogP contribution is 2.28. The highest BCUT2D eigenvalue weighted by Gasteiger charge is 2.28. The molecule has 0 aromatic heterocycles. The van der Waals surface area contributed by atoms with Crippen molar-refractivity contribution in [2.75, 3.05) is 25.1 Å². The van der Waals surface area contributed by atoms with Crippen LogP contribution in [-0.4, -0.2) is 35.1 Å². The highest BCUT2D eigenvalue weighted by atomic mass is 32.2. The number of sulfonamides is 1. The van der Waals surface area contributed by atoms with Crippen molar-refractivity contribution in [1.29, 1.82) is 0 Å². The normalized spacial score (nSPS) is 12.0. The van der Waals surface area contributed by atoms with Crippen molar-refractivity contribution in [3.05, 3.63) is 84.4 Å². The van der Waals surface area contributed by atoms with E-state index in [0.29, 0.717) is 17.2 Å². The first kappa shape index (κ1) is 23.1. The lowest BCUT2D eigenvalue weighted by Crippen LogP contribution is -2.41. The lowest BCUT2D eigenvalue weighted by Gasteiger charge is -2.25. The molecule has 0 saturated carbocycles. The Balaban J connectivity index is 1.91. The van der Waals surface area contributed by atoms with E-state index in [1.807, 2.05) is 25.1 Å². The monoisotopic (exact) mass is 454 g/mol. The number of rotatable bonds is 9. The average molecular weight is 455 g/mol. The molecule has 0 aliphatic rings. The van der Waals surface area contributed by atoms with Gasteiger partial charge in [0.25, 0.3) is 10.0 Å². The lowest BCUT2D eigenvalue weighted by atomic mass is 10.1. The molecule has 32 heavy (non-hydrogen) atoms. The molecule has 0 heterocycles. The Bertz CT molecular complexity index is 1170. The summed E-state index contributed by atoms with van der Waals surface area (Å²) < 4.78 is 38.5. The number of nitrogens with one attached hydrogen (secondary N) is 1. The second kappa shape index (κ2) is 10.2. The van der Waals surface area contributed by atoms with Gasteiger partial charge in [0.1, 0.15) is 18.0 Å². The number of nitrogens with zero attached hydrogens (tertiary/aromatic N) is 1. The number of para-hydroxylation sites is 1. The minimum Gasteiger partial charge on any atom is -0.497 e.